The van der Waals surface area contributed by atoms with E-state index in [2.05, 4.69) is 60.1 Å². The Morgan fingerprint density at radius 1 is 1.08 bits per heavy atom. The Balaban J connectivity index is 1.66. The van der Waals surface area contributed by atoms with Gasteiger partial charge in [-0.25, -0.2) is 4.98 Å². The van der Waals surface area contributed by atoms with E-state index < -0.39 is 5.91 Å². The van der Waals surface area contributed by atoms with E-state index in [0.29, 0.717) is 24.5 Å². The molecule has 3 N–H and O–H groups in total. The van der Waals surface area contributed by atoms with Crippen molar-refractivity contribution in [2.24, 2.45) is 5.73 Å². The summed E-state index contributed by atoms with van der Waals surface area (Å²) in [5.41, 5.74) is 13.7. The third-order valence-corrected chi connectivity index (χ3v) is 7.50. The summed E-state index contributed by atoms with van der Waals surface area (Å²) in [5, 5.41) is 4.04. The molecule has 0 saturated carbocycles. The van der Waals surface area contributed by atoms with E-state index in [4.69, 9.17) is 15.2 Å². The second kappa shape index (κ2) is 11.7. The van der Waals surface area contributed by atoms with Crippen LogP contribution in [0.5, 0.6) is 0 Å². The van der Waals surface area contributed by atoms with E-state index in [1.54, 1.807) is 0 Å². The molecule has 4 aromatic rings. The SMILES string of the molecule is CCCc1nc(CC)c(C(N)=O)n1Cc1ccc(-c2ccccc2SNc2onc(C)c2C)c(CC)c1. The predicted octanol–water partition coefficient (Wildman–Crippen LogP) is 6.50. The highest BCUT2D eigenvalue weighted by Crippen LogP contribution is 2.35. The maximum atomic E-state index is 12.3. The average Bonchev–Trinajstić information content (AvgIpc) is 3.41. The molecule has 37 heavy (non-hydrogen) atoms. The van der Waals surface area contributed by atoms with Crippen LogP contribution in [0.2, 0.25) is 0 Å². The van der Waals surface area contributed by atoms with Crippen LogP contribution in [0.4, 0.5) is 5.88 Å². The minimum Gasteiger partial charge on any atom is -0.364 e. The standard InChI is InChI=1S/C29H35N5O2S/c1-6-11-26-31-24(8-3)27(28(30)35)34(26)17-20-14-15-22(21(7-2)16-20)23-12-9-10-13-25(23)37-33-29-18(4)19(5)32-36-29/h9-10,12-16,33H,6-8,11,17H2,1-5H3,(H2,30,35). The lowest BCUT2D eigenvalue weighted by atomic mass is 9.96. The quantitative estimate of drug-likeness (QED) is 0.220. The van der Waals surface area contributed by atoms with Gasteiger partial charge in [0, 0.05) is 23.4 Å². The highest BCUT2D eigenvalue weighted by Gasteiger charge is 2.20. The summed E-state index contributed by atoms with van der Waals surface area (Å²) in [7, 11) is 0. The Morgan fingerprint density at radius 2 is 1.86 bits per heavy atom. The van der Waals surface area contributed by atoms with Crippen molar-refractivity contribution in [3.63, 3.8) is 0 Å². The average molecular weight is 518 g/mol. The summed E-state index contributed by atoms with van der Waals surface area (Å²) in [6.45, 7) is 10.8. The van der Waals surface area contributed by atoms with Crippen molar-refractivity contribution in [1.82, 2.24) is 14.7 Å². The summed E-state index contributed by atoms with van der Waals surface area (Å²) >= 11 is 1.52. The molecule has 2 heterocycles. The van der Waals surface area contributed by atoms with Gasteiger partial charge in [-0.05, 0) is 73.4 Å². The zero-order chi connectivity index (χ0) is 26.5. The summed E-state index contributed by atoms with van der Waals surface area (Å²) in [5.74, 6) is 1.17. The Hall–Kier alpha value is -3.52. The monoisotopic (exact) mass is 517 g/mol. The van der Waals surface area contributed by atoms with Gasteiger partial charge in [0.15, 0.2) is 0 Å². The van der Waals surface area contributed by atoms with Crippen LogP contribution in [0.3, 0.4) is 0 Å². The Labute approximate surface area is 223 Å². The van der Waals surface area contributed by atoms with Crippen LogP contribution in [-0.2, 0) is 25.8 Å². The van der Waals surface area contributed by atoms with E-state index in [1.165, 1.54) is 23.1 Å². The predicted molar refractivity (Wildman–Crippen MR) is 150 cm³/mol. The van der Waals surface area contributed by atoms with Crippen LogP contribution in [0, 0.1) is 13.8 Å². The number of nitrogens with one attached hydrogen (secondary N) is 1. The lowest BCUT2D eigenvalue weighted by Gasteiger charge is -2.16. The molecule has 2 aromatic heterocycles. The second-order valence-electron chi connectivity index (χ2n) is 9.14. The number of rotatable bonds is 11. The number of benzene rings is 2. The minimum atomic E-state index is -0.422. The van der Waals surface area contributed by atoms with E-state index >= 15 is 0 Å². The molecule has 2 aromatic carbocycles. The van der Waals surface area contributed by atoms with E-state index in [1.807, 2.05) is 31.4 Å². The number of amides is 1. The van der Waals surface area contributed by atoms with Crippen LogP contribution in [-0.4, -0.2) is 20.6 Å². The minimum absolute atomic E-state index is 0.422. The van der Waals surface area contributed by atoms with Crippen molar-refractivity contribution in [3.05, 3.63) is 82.1 Å². The normalized spacial score (nSPS) is 11.2. The van der Waals surface area contributed by atoms with Crippen molar-refractivity contribution in [2.45, 2.75) is 71.7 Å². The first-order chi connectivity index (χ1) is 17.9. The fourth-order valence-corrected chi connectivity index (χ4v) is 5.36. The molecule has 4 rings (SSSR count). The zero-order valence-corrected chi connectivity index (χ0v) is 23.0. The molecule has 7 nitrogen and oxygen atoms in total. The molecular formula is C29H35N5O2S. The number of anilines is 1. The van der Waals surface area contributed by atoms with Crippen molar-refractivity contribution < 1.29 is 9.32 Å². The van der Waals surface area contributed by atoms with Crippen LogP contribution in [0.1, 0.15) is 71.6 Å². The second-order valence-corrected chi connectivity index (χ2v) is 9.99. The topological polar surface area (TPSA) is 99.0 Å². The molecule has 0 unspecified atom stereocenters. The number of hydrogen-bond donors (Lipinski definition) is 2. The fourth-order valence-electron chi connectivity index (χ4n) is 4.53. The number of primary amides is 1. The third-order valence-electron chi connectivity index (χ3n) is 6.64. The number of imidazole rings is 1. The van der Waals surface area contributed by atoms with E-state index in [-0.39, 0.29) is 0 Å². The first-order valence-electron chi connectivity index (χ1n) is 12.8. The Kier molecular flexibility index (Phi) is 8.38. The maximum absolute atomic E-state index is 12.3. The highest BCUT2D eigenvalue weighted by atomic mass is 32.2. The van der Waals surface area contributed by atoms with Gasteiger partial charge < -0.3 is 14.8 Å². The molecule has 0 aliphatic heterocycles. The molecule has 0 radical (unpaired) electrons. The Bertz CT molecular complexity index is 1410. The number of carbonyl (C=O) groups is 1. The maximum Gasteiger partial charge on any atom is 0.267 e. The van der Waals surface area contributed by atoms with Crippen molar-refractivity contribution in [2.75, 3.05) is 4.72 Å². The molecule has 0 atom stereocenters. The van der Waals surface area contributed by atoms with Gasteiger partial charge in [0.25, 0.3) is 5.91 Å². The molecule has 8 heteroatoms. The van der Waals surface area contributed by atoms with Gasteiger partial charge in [-0.15, -0.1) is 0 Å². The van der Waals surface area contributed by atoms with E-state index in [9.17, 15) is 4.79 Å². The van der Waals surface area contributed by atoms with Crippen molar-refractivity contribution in [1.29, 1.82) is 0 Å². The highest BCUT2D eigenvalue weighted by molar-refractivity contribution is 8.00. The van der Waals surface area contributed by atoms with Gasteiger partial charge in [-0.2, -0.15) is 0 Å². The summed E-state index contributed by atoms with van der Waals surface area (Å²) < 4.78 is 10.7. The number of aromatic nitrogens is 3. The summed E-state index contributed by atoms with van der Waals surface area (Å²) in [6.07, 6.45) is 3.31. The largest absolute Gasteiger partial charge is 0.364 e. The number of nitrogens with zero attached hydrogens (tertiary/aromatic N) is 3. The van der Waals surface area contributed by atoms with Crippen molar-refractivity contribution in [3.8, 4) is 11.1 Å². The van der Waals surface area contributed by atoms with Gasteiger partial charge in [0.05, 0.1) is 11.4 Å². The third kappa shape index (κ3) is 5.59. The number of carbonyl (C=O) groups excluding carboxylic acids is 1. The summed E-state index contributed by atoms with van der Waals surface area (Å²) in [6, 6.07) is 14.9. The van der Waals surface area contributed by atoms with Crippen LogP contribution >= 0.6 is 11.9 Å². The first kappa shape index (κ1) is 26.5. The fraction of sp³-hybridized carbons (Fsp3) is 0.345. The van der Waals surface area contributed by atoms with E-state index in [0.717, 1.165) is 58.1 Å². The smallest absolute Gasteiger partial charge is 0.267 e. The van der Waals surface area contributed by atoms with Gasteiger partial charge in [0.2, 0.25) is 5.88 Å². The van der Waals surface area contributed by atoms with Gasteiger partial charge in [-0.1, -0.05) is 62.3 Å². The van der Waals surface area contributed by atoms with Gasteiger partial charge in [0.1, 0.15) is 11.5 Å². The number of nitrogens with two attached hydrogens (primary N) is 1. The zero-order valence-electron chi connectivity index (χ0n) is 22.2. The first-order valence-corrected chi connectivity index (χ1v) is 13.6. The van der Waals surface area contributed by atoms with Crippen LogP contribution < -0.4 is 10.5 Å². The molecule has 0 bridgehead atoms. The molecule has 0 spiro atoms. The molecule has 1 amide bonds. The molecule has 194 valence electrons. The molecule has 0 saturated heterocycles. The van der Waals surface area contributed by atoms with Gasteiger partial charge in [-0.3, -0.25) is 9.52 Å². The van der Waals surface area contributed by atoms with Crippen LogP contribution in [0.25, 0.3) is 11.1 Å². The Morgan fingerprint density at radius 3 is 2.51 bits per heavy atom. The number of aryl methyl sites for hydroxylation is 4. The lowest BCUT2D eigenvalue weighted by molar-refractivity contribution is 0.0990. The van der Waals surface area contributed by atoms with Crippen LogP contribution in [0.15, 0.2) is 51.9 Å². The molecule has 0 aliphatic rings. The van der Waals surface area contributed by atoms with Gasteiger partial charge >= 0.3 is 0 Å². The summed E-state index contributed by atoms with van der Waals surface area (Å²) in [4.78, 5) is 18.2. The van der Waals surface area contributed by atoms with Crippen molar-refractivity contribution >= 4 is 23.7 Å². The molecule has 0 aliphatic carbocycles. The lowest BCUT2D eigenvalue weighted by Crippen LogP contribution is -2.20. The molecule has 0 fully saturated rings. The number of hydrogen-bond acceptors (Lipinski definition) is 6. The molecular weight excluding hydrogens is 482 g/mol.